The smallest absolute Gasteiger partial charge is 0.335 e. The molecule has 434 valence electrons. The molecule has 2 amide bonds. The SMILES string of the molecule is COCC[N+]1=C(C=CC=CC=C2N(CCOCCOCCOCCOCCOCCOCCC(=O)ON3C(=O)CCC3=O)c3ccc(S(=O)(=O)O)cc3C2(C)CCOC)C(C)(CCCS(=O)(=O)O)c2cc(S(=O)(=O)O)ccc21. The molecule has 1 saturated heterocycles. The number of ether oxygens (including phenoxy) is 8. The van der Waals surface area contributed by atoms with Crippen molar-refractivity contribution in [3.63, 3.8) is 0 Å². The number of fused-ring (bicyclic) bond motifs is 2. The maximum atomic E-state index is 12.4. The molecule has 2 atom stereocenters. The molecule has 0 radical (unpaired) electrons. The lowest BCUT2D eigenvalue weighted by molar-refractivity contribution is -0.441. The molecule has 0 aromatic heterocycles. The topological polar surface area (TPSA) is 307 Å². The van der Waals surface area contributed by atoms with Crippen LogP contribution in [0.15, 0.2) is 82.3 Å². The van der Waals surface area contributed by atoms with Gasteiger partial charge in [-0.2, -0.15) is 29.8 Å². The first kappa shape index (κ1) is 64.0. The van der Waals surface area contributed by atoms with Crippen LogP contribution in [-0.2, 0) is 98.3 Å². The van der Waals surface area contributed by atoms with Crippen LogP contribution >= 0.6 is 0 Å². The Bertz CT molecular complexity index is 2840. The molecular formula is C51H72N3O21S3+. The second-order valence-electron chi connectivity index (χ2n) is 18.6. The Morgan fingerprint density at radius 3 is 1.71 bits per heavy atom. The Kier molecular flexibility index (Phi) is 24.7. The number of anilines is 1. The maximum Gasteiger partial charge on any atom is 0.335 e. The van der Waals surface area contributed by atoms with Gasteiger partial charge in [-0.25, -0.2) is 4.79 Å². The van der Waals surface area contributed by atoms with Crippen LogP contribution < -0.4 is 4.90 Å². The minimum absolute atomic E-state index is 0.0240. The molecule has 0 aliphatic carbocycles. The van der Waals surface area contributed by atoms with Crippen LogP contribution in [0.1, 0.15) is 63.5 Å². The molecule has 0 spiro atoms. The van der Waals surface area contributed by atoms with Crippen LogP contribution in [0.2, 0.25) is 0 Å². The number of hydroxylamine groups is 2. The average Bonchev–Trinajstić information content (AvgIpc) is 4.10. The first-order chi connectivity index (χ1) is 37.0. The third-order valence-corrected chi connectivity index (χ3v) is 15.6. The summed E-state index contributed by atoms with van der Waals surface area (Å²) < 4.78 is 149. The van der Waals surface area contributed by atoms with Crippen molar-refractivity contribution < 1.29 is 101 Å². The number of hydrogen-bond donors (Lipinski definition) is 3. The summed E-state index contributed by atoms with van der Waals surface area (Å²) in [4.78, 5) is 41.0. The number of methoxy groups -OCH3 is 2. The Morgan fingerprint density at radius 1 is 0.641 bits per heavy atom. The number of carbonyl (C=O) groups excluding carboxylic acids is 3. The fraction of sp³-hybridized carbons (Fsp3) is 0.569. The van der Waals surface area contributed by atoms with E-state index in [9.17, 15) is 53.3 Å². The molecule has 3 heterocycles. The lowest BCUT2D eigenvalue weighted by Gasteiger charge is -2.30. The van der Waals surface area contributed by atoms with Gasteiger partial charge in [-0.1, -0.05) is 18.2 Å². The van der Waals surface area contributed by atoms with Crippen molar-refractivity contribution >= 4 is 65.2 Å². The van der Waals surface area contributed by atoms with Gasteiger partial charge >= 0.3 is 5.97 Å². The lowest BCUT2D eigenvalue weighted by Crippen LogP contribution is -2.32. The molecule has 27 heteroatoms. The molecule has 24 nitrogen and oxygen atoms in total. The van der Waals surface area contributed by atoms with Crippen LogP contribution in [0.25, 0.3) is 0 Å². The largest absolute Gasteiger partial charge is 0.385 e. The van der Waals surface area contributed by atoms with Crippen LogP contribution in [0.4, 0.5) is 11.4 Å². The summed E-state index contributed by atoms with van der Waals surface area (Å²) in [5, 5.41) is 0.496. The minimum Gasteiger partial charge on any atom is -0.385 e. The summed E-state index contributed by atoms with van der Waals surface area (Å²) in [6.45, 7) is 8.43. The second kappa shape index (κ2) is 30.1. The number of allylic oxidation sites excluding steroid dienone is 6. The third-order valence-electron chi connectivity index (χ3n) is 13.1. The van der Waals surface area contributed by atoms with E-state index in [1.807, 2.05) is 41.6 Å². The fourth-order valence-corrected chi connectivity index (χ4v) is 10.7. The predicted molar refractivity (Wildman–Crippen MR) is 281 cm³/mol. The Balaban J connectivity index is 1.13. The van der Waals surface area contributed by atoms with E-state index in [0.717, 1.165) is 5.70 Å². The third kappa shape index (κ3) is 18.3. The molecule has 78 heavy (non-hydrogen) atoms. The summed E-state index contributed by atoms with van der Waals surface area (Å²) in [6, 6.07) is 8.70. The fourth-order valence-electron chi connectivity index (χ4n) is 9.16. The maximum absolute atomic E-state index is 12.4. The van der Waals surface area contributed by atoms with E-state index in [4.69, 9.17) is 42.7 Å². The summed E-state index contributed by atoms with van der Waals surface area (Å²) in [6.07, 6.45) is 9.68. The molecule has 3 N–H and O–H groups in total. The second-order valence-corrected chi connectivity index (χ2v) is 23.0. The molecule has 2 aromatic rings. The zero-order valence-corrected chi connectivity index (χ0v) is 46.8. The number of hydrogen-bond acceptors (Lipinski definition) is 19. The van der Waals surface area contributed by atoms with Crippen molar-refractivity contribution in [3.05, 3.63) is 83.6 Å². The van der Waals surface area contributed by atoms with Gasteiger partial charge in [0.05, 0.1) is 107 Å². The molecular weight excluding hydrogens is 1090 g/mol. The predicted octanol–water partition coefficient (Wildman–Crippen LogP) is 3.76. The molecule has 5 rings (SSSR count). The molecule has 0 saturated carbocycles. The molecule has 3 aliphatic rings. The quantitative estimate of drug-likeness (QED) is 0.0285. The van der Waals surface area contributed by atoms with Gasteiger partial charge in [0.15, 0.2) is 12.3 Å². The highest BCUT2D eigenvalue weighted by Gasteiger charge is 2.48. The van der Waals surface area contributed by atoms with Crippen molar-refractivity contribution in [1.29, 1.82) is 0 Å². The van der Waals surface area contributed by atoms with E-state index in [1.54, 1.807) is 31.4 Å². The molecule has 1 fully saturated rings. The van der Waals surface area contributed by atoms with Crippen molar-refractivity contribution in [2.75, 3.05) is 130 Å². The standard InChI is InChI=1S/C51H71N3O21S3/c1-50(18-8-36-76(58,59)60)41-37-39(77(61,62)63)11-13-43(41)52(20-24-68-4)45(50)9-6-5-7-10-46-51(2,19-23-67-3)42-38-40(78(64,65)66)12-14-44(42)53(46)21-25-70-27-29-72-31-33-74-35-34-73-32-30-71-28-26-69-22-17-49(57)75-54-47(55)15-16-48(54)56/h5-7,9-14,37-38H,8,15-36H2,1-4H3,(H2-,58,59,60,61,62,63,64,65,66)/p+1. The van der Waals surface area contributed by atoms with Crippen LogP contribution in [0.5, 0.6) is 0 Å². The first-order valence-electron chi connectivity index (χ1n) is 25.2. The van der Waals surface area contributed by atoms with Gasteiger partial charge in [0.2, 0.25) is 5.69 Å². The first-order valence-corrected chi connectivity index (χ1v) is 29.7. The number of carbonyl (C=O) groups is 3. The minimum atomic E-state index is -4.59. The molecule has 2 aromatic carbocycles. The van der Waals surface area contributed by atoms with Crippen molar-refractivity contribution in [3.8, 4) is 0 Å². The van der Waals surface area contributed by atoms with Gasteiger partial charge in [0.1, 0.15) is 6.61 Å². The zero-order valence-electron chi connectivity index (χ0n) is 44.4. The van der Waals surface area contributed by atoms with Crippen molar-refractivity contribution in [2.24, 2.45) is 0 Å². The zero-order chi connectivity index (χ0) is 57.0. The van der Waals surface area contributed by atoms with Crippen molar-refractivity contribution in [1.82, 2.24) is 5.06 Å². The number of rotatable bonds is 37. The highest BCUT2D eigenvalue weighted by atomic mass is 32.2. The highest BCUT2D eigenvalue weighted by Crippen LogP contribution is 2.51. The van der Waals surface area contributed by atoms with Gasteiger partial charge in [0.25, 0.3) is 42.2 Å². The summed E-state index contributed by atoms with van der Waals surface area (Å²) >= 11 is 0. The number of benzene rings is 2. The Hall–Kier alpha value is -4.85. The van der Waals surface area contributed by atoms with Crippen LogP contribution in [0, 0.1) is 0 Å². The van der Waals surface area contributed by atoms with Gasteiger partial charge < -0.3 is 47.6 Å². The van der Waals surface area contributed by atoms with Crippen LogP contribution in [0.3, 0.4) is 0 Å². The monoisotopic (exact) mass is 1160 g/mol. The average molecular weight is 1160 g/mol. The van der Waals surface area contributed by atoms with Gasteiger partial charge in [-0.15, -0.1) is 5.06 Å². The summed E-state index contributed by atoms with van der Waals surface area (Å²) in [5.41, 5.74) is 2.22. The lowest BCUT2D eigenvalue weighted by atomic mass is 9.76. The van der Waals surface area contributed by atoms with Crippen molar-refractivity contribution in [2.45, 2.75) is 73.0 Å². The van der Waals surface area contributed by atoms with Crippen LogP contribution in [-0.4, -0.2) is 198 Å². The van der Waals surface area contributed by atoms with E-state index >= 15 is 0 Å². The van der Waals surface area contributed by atoms with Gasteiger partial charge in [-0.3, -0.25) is 23.2 Å². The summed E-state index contributed by atoms with van der Waals surface area (Å²) in [5.74, 6) is -2.35. The van der Waals surface area contributed by atoms with E-state index in [0.29, 0.717) is 99.0 Å². The molecule has 2 unspecified atom stereocenters. The summed E-state index contributed by atoms with van der Waals surface area (Å²) in [7, 11) is -10.4. The van der Waals surface area contributed by atoms with E-state index in [-0.39, 0.29) is 88.1 Å². The van der Waals surface area contributed by atoms with E-state index in [1.165, 1.54) is 31.4 Å². The van der Waals surface area contributed by atoms with E-state index in [2.05, 4.69) is 0 Å². The van der Waals surface area contributed by atoms with Gasteiger partial charge in [0, 0.05) is 74.7 Å². The van der Waals surface area contributed by atoms with E-state index < -0.39 is 64.7 Å². The Labute approximate surface area is 456 Å². The molecule has 3 aliphatic heterocycles. The normalized spacial score (nSPS) is 19.4. The highest BCUT2D eigenvalue weighted by molar-refractivity contribution is 7.86. The number of imide groups is 1. The molecule has 0 bridgehead atoms. The number of nitrogens with zero attached hydrogens (tertiary/aromatic N) is 3. The Morgan fingerprint density at radius 2 is 1.17 bits per heavy atom. The van der Waals surface area contributed by atoms with Gasteiger partial charge in [-0.05, 0) is 75.1 Å². The number of amides is 2.